The second-order valence-corrected chi connectivity index (χ2v) is 3.98. The van der Waals surface area contributed by atoms with E-state index in [2.05, 4.69) is 17.4 Å². The van der Waals surface area contributed by atoms with Crippen molar-refractivity contribution in [3.8, 4) is 5.75 Å². The first-order valence-electron chi connectivity index (χ1n) is 6.20. The molecule has 0 aliphatic heterocycles. The third-order valence-electron chi connectivity index (χ3n) is 2.76. The molecule has 1 unspecified atom stereocenters. The van der Waals surface area contributed by atoms with Crippen molar-refractivity contribution in [1.29, 1.82) is 0 Å². The average molecular weight is 237 g/mol. The van der Waals surface area contributed by atoms with Crippen molar-refractivity contribution in [2.45, 2.75) is 25.8 Å². The molecule has 96 valence electrons. The van der Waals surface area contributed by atoms with Crippen LogP contribution in [0.4, 0.5) is 0 Å². The van der Waals surface area contributed by atoms with Gasteiger partial charge in [0.05, 0.1) is 6.61 Å². The minimum Gasteiger partial charge on any atom is -0.494 e. The van der Waals surface area contributed by atoms with E-state index in [9.17, 15) is 0 Å². The minimum absolute atomic E-state index is 0.366. The summed E-state index contributed by atoms with van der Waals surface area (Å²) in [6, 6.07) is 8.65. The van der Waals surface area contributed by atoms with Crippen LogP contribution in [0.25, 0.3) is 0 Å². The summed E-state index contributed by atoms with van der Waals surface area (Å²) < 4.78 is 10.6. The molecular weight excluding hydrogens is 214 g/mol. The van der Waals surface area contributed by atoms with Crippen LogP contribution in [0.3, 0.4) is 0 Å². The first-order valence-corrected chi connectivity index (χ1v) is 6.20. The third-order valence-corrected chi connectivity index (χ3v) is 2.76. The van der Waals surface area contributed by atoms with E-state index in [4.69, 9.17) is 9.47 Å². The molecule has 17 heavy (non-hydrogen) atoms. The van der Waals surface area contributed by atoms with Gasteiger partial charge in [0.2, 0.25) is 0 Å². The van der Waals surface area contributed by atoms with Crippen molar-refractivity contribution in [2.75, 3.05) is 27.4 Å². The number of hydrogen-bond donors (Lipinski definition) is 1. The van der Waals surface area contributed by atoms with E-state index in [0.717, 1.165) is 25.2 Å². The van der Waals surface area contributed by atoms with Crippen molar-refractivity contribution in [3.05, 3.63) is 29.8 Å². The Morgan fingerprint density at radius 3 is 2.82 bits per heavy atom. The minimum atomic E-state index is 0.366. The Morgan fingerprint density at radius 1 is 1.35 bits per heavy atom. The number of methoxy groups -OCH3 is 1. The number of ether oxygens (including phenoxy) is 2. The Hall–Kier alpha value is -1.06. The van der Waals surface area contributed by atoms with Gasteiger partial charge in [0.15, 0.2) is 0 Å². The molecule has 0 aromatic heterocycles. The highest BCUT2D eigenvalue weighted by Crippen LogP contribution is 2.22. The second kappa shape index (κ2) is 8.09. The fourth-order valence-electron chi connectivity index (χ4n) is 1.90. The first kappa shape index (κ1) is 14.0. The van der Waals surface area contributed by atoms with E-state index in [0.29, 0.717) is 12.6 Å². The molecule has 1 aromatic rings. The van der Waals surface area contributed by atoms with Crippen LogP contribution < -0.4 is 10.1 Å². The van der Waals surface area contributed by atoms with Crippen molar-refractivity contribution in [2.24, 2.45) is 0 Å². The van der Waals surface area contributed by atoms with Gasteiger partial charge >= 0.3 is 0 Å². The molecule has 3 nitrogen and oxygen atoms in total. The molecule has 1 rings (SSSR count). The Morgan fingerprint density at radius 2 is 2.18 bits per heavy atom. The Balaban J connectivity index is 2.63. The smallest absolute Gasteiger partial charge is 0.119 e. The maximum atomic E-state index is 5.51. The number of rotatable bonds is 8. The summed E-state index contributed by atoms with van der Waals surface area (Å²) in [5, 5.41) is 3.34. The van der Waals surface area contributed by atoms with Gasteiger partial charge in [-0.1, -0.05) is 12.1 Å². The van der Waals surface area contributed by atoms with Crippen LogP contribution in [0, 0.1) is 0 Å². The lowest BCUT2D eigenvalue weighted by atomic mass is 10.0. The summed E-state index contributed by atoms with van der Waals surface area (Å²) in [4.78, 5) is 0. The number of nitrogens with one attached hydrogen (secondary N) is 1. The molecule has 0 saturated carbocycles. The Bertz CT molecular complexity index is 315. The lowest BCUT2D eigenvalue weighted by Crippen LogP contribution is -2.17. The highest BCUT2D eigenvalue weighted by Gasteiger charge is 2.09. The van der Waals surface area contributed by atoms with E-state index in [1.165, 1.54) is 5.56 Å². The molecule has 0 bridgehead atoms. The van der Waals surface area contributed by atoms with Gasteiger partial charge in [-0.05, 0) is 44.5 Å². The molecule has 0 heterocycles. The fraction of sp³-hybridized carbons (Fsp3) is 0.571. The normalized spacial score (nSPS) is 12.4. The van der Waals surface area contributed by atoms with Crippen molar-refractivity contribution >= 4 is 0 Å². The molecule has 1 aromatic carbocycles. The molecule has 0 aliphatic rings. The van der Waals surface area contributed by atoms with Gasteiger partial charge in [-0.25, -0.2) is 0 Å². The quantitative estimate of drug-likeness (QED) is 0.705. The van der Waals surface area contributed by atoms with E-state index < -0.39 is 0 Å². The van der Waals surface area contributed by atoms with Crippen LogP contribution in [0.5, 0.6) is 5.75 Å². The largest absolute Gasteiger partial charge is 0.494 e. The highest BCUT2D eigenvalue weighted by molar-refractivity contribution is 5.30. The number of hydrogen-bond acceptors (Lipinski definition) is 3. The molecule has 0 fully saturated rings. The SMILES string of the molecule is CCOc1cccc(C(CCCOC)NC)c1. The standard InChI is InChI=1S/C14H23NO2/c1-4-17-13-8-5-7-12(11-13)14(15-2)9-6-10-16-3/h5,7-8,11,14-15H,4,6,9-10H2,1-3H3. The van der Waals surface area contributed by atoms with Gasteiger partial charge in [-0.3, -0.25) is 0 Å². The van der Waals surface area contributed by atoms with E-state index in [-0.39, 0.29) is 0 Å². The van der Waals surface area contributed by atoms with Gasteiger partial charge in [-0.2, -0.15) is 0 Å². The van der Waals surface area contributed by atoms with Gasteiger partial charge < -0.3 is 14.8 Å². The van der Waals surface area contributed by atoms with Crippen molar-refractivity contribution in [1.82, 2.24) is 5.32 Å². The zero-order valence-corrected chi connectivity index (χ0v) is 11.0. The molecule has 1 atom stereocenters. The predicted octanol–water partition coefficient (Wildman–Crippen LogP) is 2.77. The molecule has 0 aliphatic carbocycles. The maximum Gasteiger partial charge on any atom is 0.119 e. The zero-order chi connectivity index (χ0) is 12.5. The van der Waals surface area contributed by atoms with E-state index >= 15 is 0 Å². The summed E-state index contributed by atoms with van der Waals surface area (Å²) in [5.41, 5.74) is 1.27. The van der Waals surface area contributed by atoms with Crippen LogP contribution in [0.2, 0.25) is 0 Å². The first-order chi connectivity index (χ1) is 8.31. The predicted molar refractivity (Wildman–Crippen MR) is 70.5 cm³/mol. The lowest BCUT2D eigenvalue weighted by Gasteiger charge is -2.17. The van der Waals surface area contributed by atoms with Crippen LogP contribution in [-0.4, -0.2) is 27.4 Å². The topological polar surface area (TPSA) is 30.5 Å². The Kier molecular flexibility index (Phi) is 6.67. The molecule has 0 amide bonds. The van der Waals surface area contributed by atoms with Crippen LogP contribution >= 0.6 is 0 Å². The zero-order valence-electron chi connectivity index (χ0n) is 11.0. The van der Waals surface area contributed by atoms with Gasteiger partial charge in [-0.15, -0.1) is 0 Å². The van der Waals surface area contributed by atoms with E-state index in [1.807, 2.05) is 26.1 Å². The van der Waals surface area contributed by atoms with Crippen LogP contribution in [0.15, 0.2) is 24.3 Å². The van der Waals surface area contributed by atoms with Gasteiger partial charge in [0.25, 0.3) is 0 Å². The summed E-state index contributed by atoms with van der Waals surface area (Å²) in [6.07, 6.45) is 2.13. The van der Waals surface area contributed by atoms with Gasteiger partial charge in [0, 0.05) is 19.8 Å². The molecule has 0 spiro atoms. The molecular formula is C14H23NO2. The third kappa shape index (κ3) is 4.75. The summed E-state index contributed by atoms with van der Waals surface area (Å²) >= 11 is 0. The molecule has 3 heteroatoms. The maximum absolute atomic E-state index is 5.51. The summed E-state index contributed by atoms with van der Waals surface area (Å²) in [7, 11) is 3.73. The Labute approximate surface area is 104 Å². The highest BCUT2D eigenvalue weighted by atomic mass is 16.5. The van der Waals surface area contributed by atoms with E-state index in [1.54, 1.807) is 7.11 Å². The van der Waals surface area contributed by atoms with Crippen molar-refractivity contribution < 1.29 is 9.47 Å². The van der Waals surface area contributed by atoms with Crippen molar-refractivity contribution in [3.63, 3.8) is 0 Å². The summed E-state index contributed by atoms with van der Waals surface area (Å²) in [6.45, 7) is 3.52. The number of benzene rings is 1. The molecule has 1 N–H and O–H groups in total. The van der Waals surface area contributed by atoms with Crippen LogP contribution in [-0.2, 0) is 4.74 Å². The van der Waals surface area contributed by atoms with Gasteiger partial charge in [0.1, 0.15) is 5.75 Å². The summed E-state index contributed by atoms with van der Waals surface area (Å²) in [5.74, 6) is 0.942. The second-order valence-electron chi connectivity index (χ2n) is 3.98. The monoisotopic (exact) mass is 237 g/mol. The average Bonchev–Trinajstić information content (AvgIpc) is 2.35. The molecule has 0 radical (unpaired) electrons. The molecule has 0 saturated heterocycles. The fourth-order valence-corrected chi connectivity index (χ4v) is 1.90. The van der Waals surface area contributed by atoms with Crippen LogP contribution in [0.1, 0.15) is 31.4 Å². The lowest BCUT2D eigenvalue weighted by molar-refractivity contribution is 0.189.